The van der Waals surface area contributed by atoms with E-state index in [1.165, 1.54) is 16.9 Å². The van der Waals surface area contributed by atoms with E-state index in [2.05, 4.69) is 16.6 Å². The molecule has 0 aliphatic rings. The van der Waals surface area contributed by atoms with Crippen molar-refractivity contribution in [3.8, 4) is 0 Å². The van der Waals surface area contributed by atoms with E-state index in [4.69, 9.17) is 11.6 Å². The van der Waals surface area contributed by atoms with Crippen LogP contribution in [0, 0.1) is 5.92 Å². The first kappa shape index (κ1) is 22.9. The standard InChI is InChI=1S/C17H21ClN4OS.C3H6/c1-12(5-7-18)10-22(11-19-2)17(23)15-9-13-14(21(3)4)6-8-20-16(13)24-15;1-3-2/h5-9,11-12H,10H2,1-4H3;3H,1H2,2H3/b7-5+,19-11?;. The van der Waals surface area contributed by atoms with E-state index in [1.54, 1.807) is 30.6 Å². The number of carbonyl (C=O) groups is 1. The van der Waals surface area contributed by atoms with E-state index < -0.39 is 0 Å². The van der Waals surface area contributed by atoms with Gasteiger partial charge in [0.15, 0.2) is 0 Å². The maximum absolute atomic E-state index is 12.9. The van der Waals surface area contributed by atoms with Crippen molar-refractivity contribution in [2.75, 3.05) is 32.6 Å². The number of allylic oxidation sites excluding steroid dienone is 1. The number of halogens is 1. The topological polar surface area (TPSA) is 48.8 Å². The highest BCUT2D eigenvalue weighted by Gasteiger charge is 2.20. The van der Waals surface area contributed by atoms with Crippen LogP contribution in [-0.4, -0.2) is 49.8 Å². The van der Waals surface area contributed by atoms with Crippen molar-refractivity contribution in [1.82, 2.24) is 9.88 Å². The molecule has 0 aromatic carbocycles. The lowest BCUT2D eigenvalue weighted by Gasteiger charge is -2.19. The summed E-state index contributed by atoms with van der Waals surface area (Å²) >= 11 is 7.02. The second-order valence-corrected chi connectivity index (χ2v) is 7.37. The number of aromatic nitrogens is 1. The summed E-state index contributed by atoms with van der Waals surface area (Å²) in [6, 6.07) is 3.85. The van der Waals surface area contributed by atoms with Crippen LogP contribution in [0.1, 0.15) is 23.5 Å². The number of pyridine rings is 1. The average molecular weight is 407 g/mol. The van der Waals surface area contributed by atoms with E-state index in [0.29, 0.717) is 11.4 Å². The number of amides is 1. The molecular weight excluding hydrogens is 380 g/mol. The third kappa shape index (κ3) is 6.48. The lowest BCUT2D eigenvalue weighted by molar-refractivity contribution is 0.0849. The van der Waals surface area contributed by atoms with E-state index >= 15 is 0 Å². The number of hydrogen-bond donors (Lipinski definition) is 0. The molecule has 0 aliphatic heterocycles. The van der Waals surface area contributed by atoms with Gasteiger partial charge >= 0.3 is 0 Å². The third-order valence-electron chi connectivity index (χ3n) is 3.51. The van der Waals surface area contributed by atoms with Crippen LogP contribution in [0.4, 0.5) is 5.69 Å². The van der Waals surface area contributed by atoms with Gasteiger partial charge in [-0.1, -0.05) is 30.7 Å². The van der Waals surface area contributed by atoms with Crippen LogP contribution in [0.15, 0.2) is 47.6 Å². The zero-order valence-corrected chi connectivity index (χ0v) is 18.1. The van der Waals surface area contributed by atoms with Crippen molar-refractivity contribution in [2.24, 2.45) is 10.9 Å². The van der Waals surface area contributed by atoms with E-state index in [-0.39, 0.29) is 11.8 Å². The van der Waals surface area contributed by atoms with Crippen molar-refractivity contribution in [3.05, 3.63) is 47.5 Å². The molecule has 27 heavy (non-hydrogen) atoms. The normalized spacial score (nSPS) is 12.1. The summed E-state index contributed by atoms with van der Waals surface area (Å²) in [5.41, 5.74) is 2.52. The number of anilines is 1. The molecule has 2 rings (SSSR count). The molecular formula is C20H27ClN4OS. The molecule has 0 bridgehead atoms. The van der Waals surface area contributed by atoms with Crippen LogP contribution in [0.25, 0.3) is 10.2 Å². The van der Waals surface area contributed by atoms with Gasteiger partial charge in [0, 0.05) is 50.5 Å². The quantitative estimate of drug-likeness (QED) is 0.383. The Hall–Kier alpha value is -2.18. The molecule has 1 atom stereocenters. The van der Waals surface area contributed by atoms with Crippen LogP contribution in [-0.2, 0) is 0 Å². The summed E-state index contributed by atoms with van der Waals surface area (Å²) in [7, 11) is 5.60. The Balaban J connectivity index is 0.00000114. The maximum Gasteiger partial charge on any atom is 0.269 e. The van der Waals surface area contributed by atoms with Crippen LogP contribution >= 0.6 is 22.9 Å². The van der Waals surface area contributed by atoms with Crippen molar-refractivity contribution >= 4 is 51.1 Å². The number of nitrogens with zero attached hydrogens (tertiary/aromatic N) is 4. The molecule has 0 saturated heterocycles. The van der Waals surface area contributed by atoms with Crippen molar-refractivity contribution in [1.29, 1.82) is 0 Å². The van der Waals surface area contributed by atoms with Gasteiger partial charge in [0.25, 0.3) is 5.91 Å². The number of rotatable bonds is 6. The fourth-order valence-electron chi connectivity index (χ4n) is 2.38. The predicted octanol–water partition coefficient (Wildman–Crippen LogP) is 5.04. The molecule has 2 aromatic heterocycles. The van der Waals surface area contributed by atoms with Gasteiger partial charge in [0.2, 0.25) is 0 Å². The van der Waals surface area contributed by atoms with E-state index in [0.717, 1.165) is 15.9 Å². The Morgan fingerprint density at radius 1 is 1.48 bits per heavy atom. The van der Waals surface area contributed by atoms with Gasteiger partial charge in [-0.25, -0.2) is 4.98 Å². The smallest absolute Gasteiger partial charge is 0.269 e. The van der Waals surface area contributed by atoms with E-state index in [9.17, 15) is 4.79 Å². The minimum Gasteiger partial charge on any atom is -0.377 e. The lowest BCUT2D eigenvalue weighted by Crippen LogP contribution is -2.32. The van der Waals surface area contributed by atoms with Gasteiger partial charge in [-0.15, -0.1) is 17.9 Å². The minimum absolute atomic E-state index is 0.0804. The van der Waals surface area contributed by atoms with Gasteiger partial charge in [-0.2, -0.15) is 0 Å². The molecule has 1 unspecified atom stereocenters. The Morgan fingerprint density at radius 3 is 2.70 bits per heavy atom. The van der Waals surface area contributed by atoms with Crippen molar-refractivity contribution in [2.45, 2.75) is 13.8 Å². The summed E-state index contributed by atoms with van der Waals surface area (Å²) in [5, 5.41) is 0.984. The Kier molecular flexibility index (Phi) is 9.75. The summed E-state index contributed by atoms with van der Waals surface area (Å²) in [5.74, 6) is 0.0532. The molecule has 7 heteroatoms. The molecule has 5 nitrogen and oxygen atoms in total. The molecule has 0 saturated carbocycles. The van der Waals surface area contributed by atoms with Gasteiger partial charge in [-0.3, -0.25) is 14.7 Å². The van der Waals surface area contributed by atoms with Crippen LogP contribution in [0.2, 0.25) is 0 Å². The maximum atomic E-state index is 12.9. The largest absolute Gasteiger partial charge is 0.377 e. The molecule has 1 amide bonds. The molecule has 0 fully saturated rings. The fraction of sp³-hybridized carbons (Fsp3) is 0.350. The number of aliphatic imine (C=N–C) groups is 1. The third-order valence-corrected chi connectivity index (χ3v) is 4.68. The predicted molar refractivity (Wildman–Crippen MR) is 119 cm³/mol. The molecule has 2 aromatic rings. The molecule has 0 radical (unpaired) electrons. The summed E-state index contributed by atoms with van der Waals surface area (Å²) in [6.07, 6.45) is 6.93. The molecule has 0 aliphatic carbocycles. The summed E-state index contributed by atoms with van der Waals surface area (Å²) in [6.45, 7) is 7.76. The van der Waals surface area contributed by atoms with Crippen molar-refractivity contribution in [3.63, 3.8) is 0 Å². The first-order chi connectivity index (χ1) is 12.9. The summed E-state index contributed by atoms with van der Waals surface area (Å²) < 4.78 is 0. The van der Waals surface area contributed by atoms with Crippen LogP contribution in [0.5, 0.6) is 0 Å². The SMILES string of the molecule is C=CC.CN=CN(CC(C)/C=C/Cl)C(=O)c1cc2c(N(C)C)ccnc2s1. The number of hydrogen-bond acceptors (Lipinski definition) is 5. The van der Waals surface area contributed by atoms with Gasteiger partial charge in [-0.05, 0) is 25.0 Å². The zero-order chi connectivity index (χ0) is 20.4. The molecule has 146 valence electrons. The minimum atomic E-state index is -0.0804. The summed E-state index contributed by atoms with van der Waals surface area (Å²) in [4.78, 5) is 26.4. The highest BCUT2D eigenvalue weighted by Crippen LogP contribution is 2.31. The Labute approximate surface area is 170 Å². The van der Waals surface area contributed by atoms with E-state index in [1.807, 2.05) is 51.1 Å². The lowest BCUT2D eigenvalue weighted by atomic mass is 10.1. The van der Waals surface area contributed by atoms with Crippen molar-refractivity contribution < 1.29 is 4.79 Å². The van der Waals surface area contributed by atoms with Gasteiger partial charge in [0.05, 0.1) is 11.2 Å². The first-order valence-corrected chi connectivity index (χ1v) is 9.77. The monoisotopic (exact) mass is 406 g/mol. The van der Waals surface area contributed by atoms with Crippen LogP contribution in [0.3, 0.4) is 0 Å². The average Bonchev–Trinajstić information content (AvgIpc) is 3.05. The Morgan fingerprint density at radius 2 is 2.15 bits per heavy atom. The molecule has 0 N–H and O–H groups in total. The number of carbonyl (C=O) groups excluding carboxylic acids is 1. The molecule has 2 heterocycles. The molecule has 0 spiro atoms. The Bertz CT molecular complexity index is 813. The van der Waals surface area contributed by atoms with Gasteiger partial charge in [0.1, 0.15) is 4.83 Å². The zero-order valence-electron chi connectivity index (χ0n) is 16.5. The number of fused-ring (bicyclic) bond motifs is 1. The second kappa shape index (κ2) is 11.5. The number of thiophene rings is 1. The second-order valence-electron chi connectivity index (χ2n) is 6.09. The highest BCUT2D eigenvalue weighted by molar-refractivity contribution is 7.20. The van der Waals surface area contributed by atoms with Gasteiger partial charge < -0.3 is 4.90 Å². The highest BCUT2D eigenvalue weighted by atomic mass is 35.5. The fourth-order valence-corrected chi connectivity index (χ4v) is 3.61. The van der Waals surface area contributed by atoms with Crippen LogP contribution < -0.4 is 4.90 Å². The first-order valence-electron chi connectivity index (χ1n) is 8.52.